The normalized spacial score (nSPS) is 15.7. The van der Waals surface area contributed by atoms with Crippen LogP contribution in [0.4, 0.5) is 9.52 Å². The summed E-state index contributed by atoms with van der Waals surface area (Å²) in [6, 6.07) is 14.0. The number of aryl methyl sites for hydroxylation is 1. The van der Waals surface area contributed by atoms with Gasteiger partial charge in [0, 0.05) is 24.0 Å². The Hall–Kier alpha value is -2.25. The zero-order valence-corrected chi connectivity index (χ0v) is 17.1. The second kappa shape index (κ2) is 7.64. The van der Waals surface area contributed by atoms with Gasteiger partial charge in [0.25, 0.3) is 0 Å². The molecule has 28 heavy (non-hydrogen) atoms. The summed E-state index contributed by atoms with van der Waals surface area (Å²) in [6.45, 7) is 2.96. The zero-order chi connectivity index (χ0) is 19.7. The van der Waals surface area contributed by atoms with Crippen molar-refractivity contribution in [1.82, 2.24) is 4.98 Å². The molecule has 4 nitrogen and oxygen atoms in total. The average molecular weight is 417 g/mol. The molecule has 0 unspecified atom stereocenters. The van der Waals surface area contributed by atoms with Crippen LogP contribution in [0.15, 0.2) is 58.8 Å². The summed E-state index contributed by atoms with van der Waals surface area (Å²) in [6.07, 6.45) is 1.02. The molecule has 1 aromatic heterocycles. The van der Waals surface area contributed by atoms with Gasteiger partial charge in [-0.1, -0.05) is 36.4 Å². The van der Waals surface area contributed by atoms with Crippen molar-refractivity contribution in [2.45, 2.75) is 29.9 Å². The minimum Gasteiger partial charge on any atom is -0.348 e. The maximum Gasteiger partial charge on any atom is 0.185 e. The Morgan fingerprint density at radius 2 is 1.82 bits per heavy atom. The second-order valence-corrected chi connectivity index (χ2v) is 10.1. The molecule has 0 spiro atoms. The Bertz CT molecular complexity index is 1070. The molecule has 0 bridgehead atoms. The van der Waals surface area contributed by atoms with Crippen LogP contribution >= 0.6 is 11.3 Å². The number of hydrogen-bond acceptors (Lipinski definition) is 5. The molecule has 7 heteroatoms. The summed E-state index contributed by atoms with van der Waals surface area (Å²) in [5, 5.41) is 2.46. The van der Waals surface area contributed by atoms with Gasteiger partial charge in [0.1, 0.15) is 5.82 Å². The summed E-state index contributed by atoms with van der Waals surface area (Å²) in [7, 11) is -3.54. The van der Waals surface area contributed by atoms with Crippen LogP contribution in [0.25, 0.3) is 11.3 Å². The van der Waals surface area contributed by atoms with Crippen LogP contribution in [0, 0.1) is 12.7 Å². The standard InChI is InChI=1S/C21H21FN2O2S2/c1-15-7-8-17(22)13-20(15)28(25,26)18-9-11-24(12-10-18)21-23-19(14-27-21)16-5-3-2-4-6-16/h2-8,13-14,18H,9-12H2,1H3. The van der Waals surface area contributed by atoms with Gasteiger partial charge in [-0.3, -0.25) is 0 Å². The highest BCUT2D eigenvalue weighted by molar-refractivity contribution is 7.92. The number of piperidine rings is 1. The smallest absolute Gasteiger partial charge is 0.185 e. The molecule has 2 heterocycles. The van der Waals surface area contributed by atoms with Gasteiger partial charge in [0.15, 0.2) is 15.0 Å². The molecule has 0 N–H and O–H groups in total. The number of aromatic nitrogens is 1. The fourth-order valence-electron chi connectivity index (χ4n) is 3.57. The van der Waals surface area contributed by atoms with Gasteiger partial charge < -0.3 is 4.90 Å². The first kappa shape index (κ1) is 19.1. The molecule has 0 atom stereocenters. The third-order valence-corrected chi connectivity index (χ3v) is 8.47. The first-order valence-corrected chi connectivity index (χ1v) is 11.6. The van der Waals surface area contributed by atoms with Crippen molar-refractivity contribution in [2.75, 3.05) is 18.0 Å². The van der Waals surface area contributed by atoms with Gasteiger partial charge in [-0.2, -0.15) is 0 Å². The molecule has 0 radical (unpaired) electrons. The van der Waals surface area contributed by atoms with Crippen molar-refractivity contribution < 1.29 is 12.8 Å². The first-order valence-electron chi connectivity index (χ1n) is 9.21. The number of hydrogen-bond donors (Lipinski definition) is 0. The van der Waals surface area contributed by atoms with Crippen molar-refractivity contribution in [3.05, 3.63) is 65.3 Å². The number of sulfone groups is 1. The minimum absolute atomic E-state index is 0.117. The van der Waals surface area contributed by atoms with E-state index in [1.807, 2.05) is 35.7 Å². The van der Waals surface area contributed by atoms with E-state index in [4.69, 9.17) is 4.98 Å². The minimum atomic E-state index is -3.54. The van der Waals surface area contributed by atoms with E-state index in [0.29, 0.717) is 31.5 Å². The molecular formula is C21H21FN2O2S2. The molecule has 0 amide bonds. The maximum atomic E-state index is 13.6. The highest BCUT2D eigenvalue weighted by Gasteiger charge is 2.33. The summed E-state index contributed by atoms with van der Waals surface area (Å²) < 4.78 is 39.6. The topological polar surface area (TPSA) is 50.3 Å². The van der Waals surface area contributed by atoms with Gasteiger partial charge >= 0.3 is 0 Å². The lowest BCUT2D eigenvalue weighted by Crippen LogP contribution is -2.39. The molecule has 0 aliphatic carbocycles. The fourth-order valence-corrected chi connectivity index (χ4v) is 6.44. The molecule has 1 saturated heterocycles. The predicted molar refractivity (Wildman–Crippen MR) is 111 cm³/mol. The first-order chi connectivity index (χ1) is 13.4. The molecule has 4 rings (SSSR count). The van der Waals surface area contributed by atoms with E-state index >= 15 is 0 Å². The Morgan fingerprint density at radius 1 is 1.11 bits per heavy atom. The Labute approximate surface area is 168 Å². The lowest BCUT2D eigenvalue weighted by molar-refractivity contribution is 0.528. The van der Waals surface area contributed by atoms with E-state index in [-0.39, 0.29) is 4.90 Å². The number of thiazole rings is 1. The molecular weight excluding hydrogens is 395 g/mol. The van der Waals surface area contributed by atoms with Crippen molar-refractivity contribution >= 4 is 26.3 Å². The van der Waals surface area contributed by atoms with Crippen molar-refractivity contribution in [1.29, 1.82) is 0 Å². The largest absolute Gasteiger partial charge is 0.348 e. The summed E-state index contributed by atoms with van der Waals surface area (Å²) in [5.41, 5.74) is 2.60. The molecule has 1 aliphatic rings. The number of halogens is 1. The highest BCUT2D eigenvalue weighted by atomic mass is 32.2. The number of benzene rings is 2. The van der Waals surface area contributed by atoms with Crippen LogP contribution in [-0.2, 0) is 9.84 Å². The van der Waals surface area contributed by atoms with Gasteiger partial charge in [0.05, 0.1) is 15.8 Å². The molecule has 1 fully saturated rings. The monoisotopic (exact) mass is 416 g/mol. The lowest BCUT2D eigenvalue weighted by Gasteiger charge is -2.31. The molecule has 0 saturated carbocycles. The average Bonchev–Trinajstić information content (AvgIpc) is 3.21. The Kier molecular flexibility index (Phi) is 5.21. The van der Waals surface area contributed by atoms with Gasteiger partial charge in [-0.05, 0) is 37.5 Å². The molecule has 1 aliphatic heterocycles. The molecule has 2 aromatic carbocycles. The summed E-state index contributed by atoms with van der Waals surface area (Å²) in [5.74, 6) is -0.516. The van der Waals surface area contributed by atoms with Crippen molar-refractivity contribution in [2.24, 2.45) is 0 Å². The van der Waals surface area contributed by atoms with Gasteiger partial charge in [-0.15, -0.1) is 11.3 Å². The number of nitrogens with zero attached hydrogens (tertiary/aromatic N) is 2. The predicted octanol–water partition coefficient (Wildman–Crippen LogP) is 4.70. The maximum absolute atomic E-state index is 13.6. The molecule has 146 valence electrons. The van der Waals surface area contributed by atoms with E-state index in [9.17, 15) is 12.8 Å². The Morgan fingerprint density at radius 3 is 2.54 bits per heavy atom. The number of anilines is 1. The van der Waals surface area contributed by atoms with E-state index in [0.717, 1.165) is 22.5 Å². The highest BCUT2D eigenvalue weighted by Crippen LogP contribution is 2.32. The third kappa shape index (κ3) is 3.69. The number of rotatable bonds is 4. The fraction of sp³-hybridized carbons (Fsp3) is 0.286. The van der Waals surface area contributed by atoms with E-state index in [1.54, 1.807) is 18.3 Å². The van der Waals surface area contributed by atoms with Crippen LogP contribution < -0.4 is 4.90 Å². The van der Waals surface area contributed by atoms with Crippen LogP contribution in [0.1, 0.15) is 18.4 Å². The summed E-state index contributed by atoms with van der Waals surface area (Å²) >= 11 is 1.58. The Balaban J connectivity index is 1.48. The van der Waals surface area contributed by atoms with E-state index in [1.165, 1.54) is 12.1 Å². The quantitative estimate of drug-likeness (QED) is 0.619. The zero-order valence-electron chi connectivity index (χ0n) is 15.5. The third-order valence-electron chi connectivity index (χ3n) is 5.17. The van der Waals surface area contributed by atoms with Crippen LogP contribution in [-0.4, -0.2) is 31.7 Å². The van der Waals surface area contributed by atoms with Crippen molar-refractivity contribution in [3.8, 4) is 11.3 Å². The summed E-state index contributed by atoms with van der Waals surface area (Å²) in [4.78, 5) is 6.98. The van der Waals surface area contributed by atoms with Gasteiger partial charge in [0.2, 0.25) is 0 Å². The lowest BCUT2D eigenvalue weighted by atomic mass is 10.1. The van der Waals surface area contributed by atoms with E-state index in [2.05, 4.69) is 4.90 Å². The van der Waals surface area contributed by atoms with Crippen molar-refractivity contribution in [3.63, 3.8) is 0 Å². The van der Waals surface area contributed by atoms with Crippen LogP contribution in [0.5, 0.6) is 0 Å². The second-order valence-electron chi connectivity index (χ2n) is 7.02. The van der Waals surface area contributed by atoms with Crippen LogP contribution in [0.3, 0.4) is 0 Å². The van der Waals surface area contributed by atoms with Crippen LogP contribution in [0.2, 0.25) is 0 Å². The van der Waals surface area contributed by atoms with E-state index < -0.39 is 20.9 Å². The molecule has 3 aromatic rings. The van der Waals surface area contributed by atoms with Gasteiger partial charge in [-0.25, -0.2) is 17.8 Å². The SMILES string of the molecule is Cc1ccc(F)cc1S(=O)(=O)C1CCN(c2nc(-c3ccccc3)cs2)CC1.